The van der Waals surface area contributed by atoms with Crippen LogP contribution in [0.25, 0.3) is 0 Å². The highest BCUT2D eigenvalue weighted by Gasteiger charge is 2.42. The molecule has 0 amide bonds. The van der Waals surface area contributed by atoms with Gasteiger partial charge >= 0.3 is 0 Å². The third-order valence-electron chi connectivity index (χ3n) is 3.06. The predicted octanol–water partition coefficient (Wildman–Crippen LogP) is 0.823. The van der Waals surface area contributed by atoms with Crippen LogP contribution in [-0.4, -0.2) is 29.2 Å². The Morgan fingerprint density at radius 3 is 2.36 bits per heavy atom. The number of carbonyl (C=O) groups is 1. The van der Waals surface area contributed by atoms with Crippen LogP contribution in [0.5, 0.6) is 0 Å². The van der Waals surface area contributed by atoms with E-state index >= 15 is 0 Å². The second-order valence-electron chi connectivity index (χ2n) is 4.02. The molecule has 3 nitrogen and oxygen atoms in total. The van der Waals surface area contributed by atoms with E-state index in [-0.39, 0.29) is 19.0 Å². The van der Waals surface area contributed by atoms with Crippen LogP contribution in [0.1, 0.15) is 20.3 Å². The molecule has 0 fully saturated rings. The van der Waals surface area contributed by atoms with Gasteiger partial charge in [-0.2, -0.15) is 0 Å². The van der Waals surface area contributed by atoms with E-state index in [0.29, 0.717) is 17.6 Å². The van der Waals surface area contributed by atoms with Gasteiger partial charge in [-0.1, -0.05) is 12.2 Å². The third kappa shape index (κ3) is 1.42. The molecular formula is C11H16O3. The van der Waals surface area contributed by atoms with Crippen molar-refractivity contribution >= 4 is 5.78 Å². The SMILES string of the molecule is C=C(C)C1(C)CC(CO)=C(CO)C1=O. The maximum Gasteiger partial charge on any atom is 0.171 e. The Kier molecular flexibility index (Phi) is 2.92. The quantitative estimate of drug-likeness (QED) is 0.657. The van der Waals surface area contributed by atoms with Gasteiger partial charge in [-0.3, -0.25) is 4.79 Å². The van der Waals surface area contributed by atoms with Crippen LogP contribution in [0.4, 0.5) is 0 Å². The van der Waals surface area contributed by atoms with Crippen molar-refractivity contribution in [2.24, 2.45) is 5.41 Å². The summed E-state index contributed by atoms with van der Waals surface area (Å²) in [6.07, 6.45) is 0.480. The number of ketones is 1. The number of hydrogen-bond donors (Lipinski definition) is 2. The van der Waals surface area contributed by atoms with E-state index < -0.39 is 5.41 Å². The second kappa shape index (κ2) is 3.67. The summed E-state index contributed by atoms with van der Waals surface area (Å²) in [7, 11) is 0. The number of carbonyl (C=O) groups excluding carboxylic acids is 1. The largest absolute Gasteiger partial charge is 0.392 e. The van der Waals surface area contributed by atoms with Crippen LogP contribution in [-0.2, 0) is 4.79 Å². The first-order valence-corrected chi connectivity index (χ1v) is 4.60. The summed E-state index contributed by atoms with van der Waals surface area (Å²) in [5.74, 6) is -0.100. The van der Waals surface area contributed by atoms with E-state index in [1.165, 1.54) is 0 Å². The van der Waals surface area contributed by atoms with Gasteiger partial charge in [0.15, 0.2) is 5.78 Å². The molecule has 0 saturated carbocycles. The van der Waals surface area contributed by atoms with Gasteiger partial charge in [0.05, 0.1) is 18.6 Å². The Bertz CT molecular complexity index is 314. The summed E-state index contributed by atoms with van der Waals surface area (Å²) in [6.45, 7) is 6.93. The summed E-state index contributed by atoms with van der Waals surface area (Å²) in [4.78, 5) is 11.9. The fourth-order valence-electron chi connectivity index (χ4n) is 1.79. The molecule has 0 aromatic carbocycles. The van der Waals surface area contributed by atoms with Crippen LogP contribution >= 0.6 is 0 Å². The molecule has 0 spiro atoms. The Morgan fingerprint density at radius 2 is 2.07 bits per heavy atom. The minimum atomic E-state index is -0.629. The summed E-state index contributed by atoms with van der Waals surface area (Å²) >= 11 is 0. The maximum absolute atomic E-state index is 11.9. The molecule has 0 aliphatic heterocycles. The summed E-state index contributed by atoms with van der Waals surface area (Å²) in [5, 5.41) is 18.1. The van der Waals surface area contributed by atoms with Gasteiger partial charge in [-0.25, -0.2) is 0 Å². The zero-order valence-electron chi connectivity index (χ0n) is 8.63. The van der Waals surface area contributed by atoms with E-state index in [4.69, 9.17) is 10.2 Å². The molecule has 0 saturated heterocycles. The lowest BCUT2D eigenvalue weighted by atomic mass is 9.79. The highest BCUT2D eigenvalue weighted by atomic mass is 16.3. The van der Waals surface area contributed by atoms with Crippen molar-refractivity contribution in [3.05, 3.63) is 23.3 Å². The number of hydrogen-bond acceptors (Lipinski definition) is 3. The van der Waals surface area contributed by atoms with Crippen molar-refractivity contribution in [3.63, 3.8) is 0 Å². The average Bonchev–Trinajstić information content (AvgIpc) is 2.40. The number of Topliss-reactive ketones (excluding diaryl/α,β-unsaturated/α-hetero) is 1. The first kappa shape index (κ1) is 11.1. The van der Waals surface area contributed by atoms with Gasteiger partial charge < -0.3 is 10.2 Å². The lowest BCUT2D eigenvalue weighted by Crippen LogP contribution is -2.25. The average molecular weight is 196 g/mol. The molecular weight excluding hydrogens is 180 g/mol. The summed E-state index contributed by atoms with van der Waals surface area (Å²) in [6, 6.07) is 0. The molecule has 0 bridgehead atoms. The number of allylic oxidation sites excluding steroid dienone is 1. The summed E-state index contributed by atoms with van der Waals surface area (Å²) in [5.41, 5.74) is 1.15. The van der Waals surface area contributed by atoms with Crippen molar-refractivity contribution in [1.82, 2.24) is 0 Å². The topological polar surface area (TPSA) is 57.5 Å². The first-order chi connectivity index (χ1) is 6.47. The minimum absolute atomic E-state index is 0.100. The van der Waals surface area contributed by atoms with Gasteiger partial charge in [-0.05, 0) is 25.8 Å². The van der Waals surface area contributed by atoms with Gasteiger partial charge in [-0.15, -0.1) is 0 Å². The predicted molar refractivity (Wildman–Crippen MR) is 53.7 cm³/mol. The molecule has 3 heteroatoms. The number of aliphatic hydroxyl groups is 2. The second-order valence-corrected chi connectivity index (χ2v) is 4.02. The van der Waals surface area contributed by atoms with E-state index in [1.54, 1.807) is 13.8 Å². The molecule has 0 aromatic rings. The minimum Gasteiger partial charge on any atom is -0.392 e. The summed E-state index contributed by atoms with van der Waals surface area (Å²) < 4.78 is 0. The third-order valence-corrected chi connectivity index (χ3v) is 3.06. The van der Waals surface area contributed by atoms with E-state index in [9.17, 15) is 4.79 Å². The molecule has 1 rings (SSSR count). The van der Waals surface area contributed by atoms with Gasteiger partial charge in [0.2, 0.25) is 0 Å². The standard InChI is InChI=1S/C11H16O3/c1-7(2)11(3)4-8(5-12)9(6-13)10(11)14/h12-13H,1,4-6H2,2-3H3. The molecule has 78 valence electrons. The lowest BCUT2D eigenvalue weighted by Gasteiger charge is -2.23. The van der Waals surface area contributed by atoms with Crippen LogP contribution < -0.4 is 0 Å². The van der Waals surface area contributed by atoms with Crippen molar-refractivity contribution in [1.29, 1.82) is 0 Å². The first-order valence-electron chi connectivity index (χ1n) is 4.60. The smallest absolute Gasteiger partial charge is 0.171 e. The van der Waals surface area contributed by atoms with Gasteiger partial charge in [0.25, 0.3) is 0 Å². The Balaban J connectivity index is 3.09. The molecule has 1 unspecified atom stereocenters. The Morgan fingerprint density at radius 1 is 1.50 bits per heavy atom. The Labute approximate surface area is 83.8 Å². The molecule has 0 heterocycles. The normalized spacial score (nSPS) is 27.3. The van der Waals surface area contributed by atoms with Crippen molar-refractivity contribution in [3.8, 4) is 0 Å². The van der Waals surface area contributed by atoms with Crippen LogP contribution in [0.15, 0.2) is 23.3 Å². The number of aliphatic hydroxyl groups excluding tert-OH is 2. The van der Waals surface area contributed by atoms with Gasteiger partial charge in [0, 0.05) is 5.57 Å². The molecule has 1 aliphatic carbocycles. The molecule has 0 aromatic heterocycles. The number of rotatable bonds is 3. The zero-order chi connectivity index (χ0) is 10.9. The maximum atomic E-state index is 11.9. The molecule has 1 aliphatic rings. The van der Waals surface area contributed by atoms with Crippen molar-refractivity contribution < 1.29 is 15.0 Å². The highest BCUT2D eigenvalue weighted by Crippen LogP contribution is 2.42. The molecule has 2 N–H and O–H groups in total. The van der Waals surface area contributed by atoms with E-state index in [0.717, 1.165) is 5.57 Å². The molecule has 1 atom stereocenters. The molecule has 14 heavy (non-hydrogen) atoms. The highest BCUT2D eigenvalue weighted by molar-refractivity contribution is 6.05. The Hall–Kier alpha value is -0.930. The fourth-order valence-corrected chi connectivity index (χ4v) is 1.79. The monoisotopic (exact) mass is 196 g/mol. The van der Waals surface area contributed by atoms with Gasteiger partial charge in [0.1, 0.15) is 0 Å². The van der Waals surface area contributed by atoms with Crippen molar-refractivity contribution in [2.45, 2.75) is 20.3 Å². The van der Waals surface area contributed by atoms with Crippen LogP contribution in [0.3, 0.4) is 0 Å². The van der Waals surface area contributed by atoms with E-state index in [1.807, 2.05) is 0 Å². The molecule has 0 radical (unpaired) electrons. The van der Waals surface area contributed by atoms with E-state index in [2.05, 4.69) is 6.58 Å². The van der Waals surface area contributed by atoms with Crippen LogP contribution in [0, 0.1) is 5.41 Å². The van der Waals surface area contributed by atoms with Crippen molar-refractivity contribution in [2.75, 3.05) is 13.2 Å². The lowest BCUT2D eigenvalue weighted by molar-refractivity contribution is -0.121. The zero-order valence-corrected chi connectivity index (χ0v) is 8.63. The fraction of sp³-hybridized carbons (Fsp3) is 0.545. The van der Waals surface area contributed by atoms with Crippen LogP contribution in [0.2, 0.25) is 0 Å².